The summed E-state index contributed by atoms with van der Waals surface area (Å²) in [6, 6.07) is 30.9. The van der Waals surface area contributed by atoms with Gasteiger partial charge in [-0.3, -0.25) is 0 Å². The summed E-state index contributed by atoms with van der Waals surface area (Å²) in [6.07, 6.45) is 4.39. The molecule has 1 heteroatoms. The van der Waals surface area contributed by atoms with E-state index in [-0.39, 0.29) is 0 Å². The highest BCUT2D eigenvalue weighted by Gasteiger charge is 2.28. The molecule has 5 aromatic rings. The molecular weight excluding hydrogens is 388 g/mol. The molecule has 0 radical (unpaired) electrons. The highest BCUT2D eigenvalue weighted by atomic mass is 16.5. The van der Waals surface area contributed by atoms with Crippen molar-refractivity contribution >= 4 is 43.5 Å². The van der Waals surface area contributed by atoms with Crippen LogP contribution in [0.25, 0.3) is 43.5 Å². The zero-order valence-electron chi connectivity index (χ0n) is 18.0. The molecule has 7 rings (SSSR count). The molecule has 152 valence electrons. The van der Waals surface area contributed by atoms with Crippen LogP contribution in [0.3, 0.4) is 0 Å². The van der Waals surface area contributed by atoms with E-state index in [1.54, 1.807) is 0 Å². The van der Waals surface area contributed by atoms with Crippen molar-refractivity contribution in [1.29, 1.82) is 0 Å². The van der Waals surface area contributed by atoms with Crippen molar-refractivity contribution in [2.24, 2.45) is 0 Å². The lowest BCUT2D eigenvalue weighted by atomic mass is 9.84. The average molecular weight is 411 g/mol. The van der Waals surface area contributed by atoms with Gasteiger partial charge in [0.1, 0.15) is 11.5 Å². The quantitative estimate of drug-likeness (QED) is 0.252. The van der Waals surface area contributed by atoms with Gasteiger partial charge in [-0.25, -0.2) is 0 Å². The average Bonchev–Trinajstić information content (AvgIpc) is 2.83. The third-order valence-corrected chi connectivity index (χ3v) is 6.95. The Bertz CT molecular complexity index is 1650. The largest absolute Gasteiger partial charge is 0.456 e. The standard InChI is InChI=1S/C31H22O/c1-19-12-13-21-17-23(15-14-20(21)16-19)25-8-4-11-28-27-10-5-9-26-24-7-3-2-6-22(24)18-29(30(26)27)32-31(25)28/h2-3,5-10,12-18H,4,11H2,1H3. The van der Waals surface area contributed by atoms with Crippen molar-refractivity contribution in [3.8, 4) is 5.75 Å². The molecule has 1 heterocycles. The monoisotopic (exact) mass is 410 g/mol. The van der Waals surface area contributed by atoms with Crippen LogP contribution in [0, 0.1) is 6.92 Å². The second-order valence-corrected chi connectivity index (χ2v) is 8.96. The molecule has 1 aliphatic carbocycles. The molecule has 0 N–H and O–H groups in total. The topological polar surface area (TPSA) is 9.23 Å². The number of hydrogen-bond donors (Lipinski definition) is 0. The Morgan fingerprint density at radius 3 is 2.53 bits per heavy atom. The molecule has 0 spiro atoms. The lowest BCUT2D eigenvalue weighted by molar-refractivity contribution is 0.450. The van der Waals surface area contributed by atoms with Gasteiger partial charge in [0.05, 0.1) is 0 Å². The Labute approximate surface area is 187 Å². The van der Waals surface area contributed by atoms with E-state index in [9.17, 15) is 0 Å². The summed E-state index contributed by atoms with van der Waals surface area (Å²) in [5.74, 6) is 2.00. The third-order valence-electron chi connectivity index (χ3n) is 6.95. The Kier molecular flexibility index (Phi) is 3.66. The van der Waals surface area contributed by atoms with Crippen molar-refractivity contribution in [1.82, 2.24) is 0 Å². The van der Waals surface area contributed by atoms with E-state index < -0.39 is 0 Å². The van der Waals surface area contributed by atoms with Crippen molar-refractivity contribution < 1.29 is 4.74 Å². The molecule has 0 aromatic heterocycles. The maximum Gasteiger partial charge on any atom is 0.138 e. The van der Waals surface area contributed by atoms with Crippen LogP contribution in [0.2, 0.25) is 0 Å². The van der Waals surface area contributed by atoms with E-state index >= 15 is 0 Å². The van der Waals surface area contributed by atoms with Gasteiger partial charge < -0.3 is 4.74 Å². The van der Waals surface area contributed by atoms with E-state index in [1.165, 1.54) is 60.2 Å². The number of aryl methyl sites for hydroxylation is 1. The second-order valence-electron chi connectivity index (χ2n) is 8.96. The minimum Gasteiger partial charge on any atom is -0.456 e. The summed E-state index contributed by atoms with van der Waals surface area (Å²) in [4.78, 5) is 0. The summed E-state index contributed by atoms with van der Waals surface area (Å²) in [7, 11) is 0. The lowest BCUT2D eigenvalue weighted by Gasteiger charge is -2.29. The molecule has 0 bridgehead atoms. The first-order chi connectivity index (χ1) is 15.8. The van der Waals surface area contributed by atoms with Crippen LogP contribution in [0.1, 0.15) is 29.5 Å². The number of fused-ring (bicyclic) bond motifs is 4. The first kappa shape index (κ1) is 17.8. The summed E-state index contributed by atoms with van der Waals surface area (Å²) in [6.45, 7) is 2.14. The summed E-state index contributed by atoms with van der Waals surface area (Å²) >= 11 is 0. The zero-order valence-corrected chi connectivity index (χ0v) is 18.0. The Morgan fingerprint density at radius 1 is 0.719 bits per heavy atom. The van der Waals surface area contributed by atoms with Crippen LogP contribution in [0.5, 0.6) is 5.75 Å². The van der Waals surface area contributed by atoms with E-state index in [0.29, 0.717) is 0 Å². The maximum absolute atomic E-state index is 6.73. The predicted molar refractivity (Wildman–Crippen MR) is 135 cm³/mol. The number of benzene rings is 5. The maximum atomic E-state index is 6.73. The minimum absolute atomic E-state index is 0.970. The smallest absolute Gasteiger partial charge is 0.138 e. The van der Waals surface area contributed by atoms with Gasteiger partial charge in [-0.1, -0.05) is 84.4 Å². The van der Waals surface area contributed by atoms with E-state index in [2.05, 4.69) is 97.9 Å². The molecule has 0 fully saturated rings. The van der Waals surface area contributed by atoms with Gasteiger partial charge in [-0.15, -0.1) is 0 Å². The molecular formula is C31H22O. The van der Waals surface area contributed by atoms with Crippen molar-refractivity contribution in [2.45, 2.75) is 19.8 Å². The molecule has 0 unspecified atom stereocenters. The van der Waals surface area contributed by atoms with E-state index in [1.807, 2.05) is 0 Å². The Balaban J connectivity index is 1.45. The van der Waals surface area contributed by atoms with Crippen LogP contribution >= 0.6 is 0 Å². The van der Waals surface area contributed by atoms with Gasteiger partial charge in [-0.05, 0) is 70.0 Å². The predicted octanol–water partition coefficient (Wildman–Crippen LogP) is 8.44. The summed E-state index contributed by atoms with van der Waals surface area (Å²) in [5, 5.41) is 7.59. The Hall–Kier alpha value is -3.84. The van der Waals surface area contributed by atoms with Gasteiger partial charge in [0, 0.05) is 16.5 Å². The molecule has 2 aliphatic rings. The lowest BCUT2D eigenvalue weighted by Crippen LogP contribution is -2.11. The van der Waals surface area contributed by atoms with Crippen LogP contribution in [-0.4, -0.2) is 0 Å². The molecule has 1 aliphatic heterocycles. The number of hydrogen-bond acceptors (Lipinski definition) is 1. The molecule has 0 saturated carbocycles. The van der Waals surface area contributed by atoms with Crippen molar-refractivity contribution in [3.63, 3.8) is 0 Å². The van der Waals surface area contributed by atoms with Gasteiger partial charge in [0.25, 0.3) is 0 Å². The van der Waals surface area contributed by atoms with Crippen LogP contribution in [0.15, 0.2) is 96.8 Å². The van der Waals surface area contributed by atoms with Crippen molar-refractivity contribution in [3.05, 3.63) is 113 Å². The number of ether oxygens (including phenoxy) is 1. The number of allylic oxidation sites excluding steroid dienone is 3. The molecule has 0 saturated heterocycles. The minimum atomic E-state index is 0.970. The first-order valence-electron chi connectivity index (χ1n) is 11.3. The summed E-state index contributed by atoms with van der Waals surface area (Å²) in [5.41, 5.74) is 6.39. The highest BCUT2D eigenvalue weighted by Crippen LogP contribution is 2.48. The Morgan fingerprint density at radius 2 is 1.56 bits per heavy atom. The van der Waals surface area contributed by atoms with Crippen LogP contribution < -0.4 is 4.74 Å². The van der Waals surface area contributed by atoms with E-state index in [0.717, 1.165) is 24.4 Å². The fourth-order valence-corrected chi connectivity index (χ4v) is 5.45. The molecule has 32 heavy (non-hydrogen) atoms. The normalized spacial score (nSPS) is 15.1. The third kappa shape index (κ3) is 2.51. The van der Waals surface area contributed by atoms with Crippen LogP contribution in [-0.2, 0) is 0 Å². The van der Waals surface area contributed by atoms with Gasteiger partial charge in [-0.2, -0.15) is 0 Å². The van der Waals surface area contributed by atoms with Gasteiger partial charge in [0.2, 0.25) is 0 Å². The first-order valence-corrected chi connectivity index (χ1v) is 11.3. The van der Waals surface area contributed by atoms with Crippen molar-refractivity contribution in [2.75, 3.05) is 0 Å². The summed E-state index contributed by atoms with van der Waals surface area (Å²) < 4.78 is 6.73. The molecule has 0 amide bonds. The molecule has 5 aromatic carbocycles. The van der Waals surface area contributed by atoms with Crippen LogP contribution in [0.4, 0.5) is 0 Å². The molecule has 0 atom stereocenters. The zero-order chi connectivity index (χ0) is 21.2. The fraction of sp³-hybridized carbons (Fsp3) is 0.0968. The fourth-order valence-electron chi connectivity index (χ4n) is 5.45. The van der Waals surface area contributed by atoms with E-state index in [4.69, 9.17) is 4.74 Å². The van der Waals surface area contributed by atoms with Gasteiger partial charge >= 0.3 is 0 Å². The highest BCUT2D eigenvalue weighted by molar-refractivity contribution is 6.15. The number of rotatable bonds is 1. The van der Waals surface area contributed by atoms with Gasteiger partial charge in [0.15, 0.2) is 0 Å². The SMILES string of the molecule is Cc1ccc2cc(C3=CCCC4=C3Oc3cc5ccccc5c5cccc4c35)ccc2c1. The molecule has 1 nitrogen and oxygen atoms in total. The second kappa shape index (κ2) is 6.58.